The minimum Gasteiger partial charge on any atom is -0.384 e. The number of hydrogen-bond donors (Lipinski definition) is 0. The summed E-state index contributed by atoms with van der Waals surface area (Å²) in [4.78, 5) is 12.7. The van der Waals surface area contributed by atoms with Crippen molar-refractivity contribution in [3.63, 3.8) is 0 Å². The molecule has 1 fully saturated rings. The molecule has 7 nitrogen and oxygen atoms in total. The Bertz CT molecular complexity index is 700. The average Bonchev–Trinajstić information content (AvgIpc) is 3.12. The average molecular weight is 388 g/mol. The van der Waals surface area contributed by atoms with Gasteiger partial charge in [0.15, 0.2) is 0 Å². The van der Waals surface area contributed by atoms with Crippen LogP contribution in [0.1, 0.15) is 16.4 Å². The van der Waals surface area contributed by atoms with E-state index in [0.717, 1.165) is 24.5 Å². The van der Waals surface area contributed by atoms with E-state index < -0.39 is 11.2 Å². The highest BCUT2D eigenvalue weighted by Gasteiger charge is 2.36. The van der Waals surface area contributed by atoms with Crippen LogP contribution in [0.3, 0.4) is 0 Å². The van der Waals surface area contributed by atoms with Crippen LogP contribution in [-0.4, -0.2) is 65.0 Å². The van der Waals surface area contributed by atoms with Crippen molar-refractivity contribution in [2.45, 2.75) is 19.1 Å². The summed E-state index contributed by atoms with van der Waals surface area (Å²) in [5.41, 5.74) is 1.01. The van der Waals surface area contributed by atoms with Gasteiger partial charge in [-0.3, -0.25) is 4.90 Å². The van der Waals surface area contributed by atoms with Gasteiger partial charge in [-0.2, -0.15) is 13.2 Å². The second-order valence-corrected chi connectivity index (χ2v) is 6.86. The van der Waals surface area contributed by atoms with Gasteiger partial charge in [0.05, 0.1) is 6.61 Å². The van der Waals surface area contributed by atoms with Crippen molar-refractivity contribution in [2.24, 2.45) is 0 Å². The molecule has 0 aromatic carbocycles. The molecule has 1 aliphatic heterocycles. The van der Waals surface area contributed by atoms with Crippen LogP contribution in [-0.2, 0) is 23.9 Å². The molecule has 2 aromatic heterocycles. The van der Waals surface area contributed by atoms with E-state index in [9.17, 15) is 13.2 Å². The molecule has 0 radical (unpaired) electrons. The Morgan fingerprint density at radius 2 is 1.81 bits per heavy atom. The standard InChI is InChI=1S/C15H19F3N6OS/c1-25-7-2-12-19-8-11(9-20-12)10-23-3-5-24(6-4-23)14-22-21-13(26-14)15(16,17)18/h8-9H,2-7,10H2,1H3. The summed E-state index contributed by atoms with van der Waals surface area (Å²) in [6.07, 6.45) is -0.139. The normalized spacial score (nSPS) is 16.2. The molecule has 3 heterocycles. The number of ether oxygens (including phenoxy) is 1. The van der Waals surface area contributed by atoms with Gasteiger partial charge in [-0.1, -0.05) is 11.3 Å². The Kier molecular flexibility index (Phi) is 5.99. The van der Waals surface area contributed by atoms with Crippen LogP contribution in [0.5, 0.6) is 0 Å². The van der Waals surface area contributed by atoms with Crippen LogP contribution in [0, 0.1) is 0 Å². The number of nitrogens with zero attached hydrogens (tertiary/aromatic N) is 6. The van der Waals surface area contributed by atoms with Crippen molar-refractivity contribution in [1.82, 2.24) is 25.1 Å². The van der Waals surface area contributed by atoms with E-state index >= 15 is 0 Å². The number of methoxy groups -OCH3 is 1. The highest BCUT2D eigenvalue weighted by atomic mass is 32.1. The van der Waals surface area contributed by atoms with E-state index in [2.05, 4.69) is 25.1 Å². The van der Waals surface area contributed by atoms with Gasteiger partial charge in [-0.25, -0.2) is 9.97 Å². The van der Waals surface area contributed by atoms with Crippen molar-refractivity contribution in [3.8, 4) is 0 Å². The zero-order valence-corrected chi connectivity index (χ0v) is 15.1. The van der Waals surface area contributed by atoms with Gasteiger partial charge in [0.1, 0.15) is 5.82 Å². The summed E-state index contributed by atoms with van der Waals surface area (Å²) < 4.78 is 42.9. The second-order valence-electron chi connectivity index (χ2n) is 5.90. The van der Waals surface area contributed by atoms with Crippen LogP contribution >= 0.6 is 11.3 Å². The first-order valence-corrected chi connectivity index (χ1v) is 8.94. The zero-order chi connectivity index (χ0) is 18.6. The first-order chi connectivity index (χ1) is 12.5. The molecular formula is C15H19F3N6OS. The predicted octanol–water partition coefficient (Wildman–Crippen LogP) is 1.86. The molecule has 11 heteroatoms. The molecule has 142 valence electrons. The number of halogens is 3. The topological polar surface area (TPSA) is 67.3 Å². The lowest BCUT2D eigenvalue weighted by Crippen LogP contribution is -2.46. The maximum atomic E-state index is 12.6. The molecule has 1 saturated heterocycles. The third-order valence-corrected chi connectivity index (χ3v) is 5.02. The Morgan fingerprint density at radius 1 is 1.12 bits per heavy atom. The molecule has 0 bridgehead atoms. The minimum atomic E-state index is -4.44. The molecule has 2 aromatic rings. The second kappa shape index (κ2) is 8.23. The highest BCUT2D eigenvalue weighted by Crippen LogP contribution is 2.34. The van der Waals surface area contributed by atoms with Gasteiger partial charge >= 0.3 is 6.18 Å². The van der Waals surface area contributed by atoms with Gasteiger partial charge in [0.25, 0.3) is 0 Å². The molecule has 0 amide bonds. The maximum absolute atomic E-state index is 12.6. The van der Waals surface area contributed by atoms with Gasteiger partial charge < -0.3 is 9.64 Å². The number of hydrogen-bond acceptors (Lipinski definition) is 8. The third kappa shape index (κ3) is 4.86. The van der Waals surface area contributed by atoms with Gasteiger partial charge in [0.2, 0.25) is 10.1 Å². The van der Waals surface area contributed by atoms with Crippen molar-refractivity contribution in [1.29, 1.82) is 0 Å². The molecule has 3 rings (SSSR count). The first kappa shape index (κ1) is 18.9. The third-order valence-electron chi connectivity index (χ3n) is 3.99. The Hall–Kier alpha value is -1.85. The van der Waals surface area contributed by atoms with Crippen LogP contribution < -0.4 is 4.90 Å². The van der Waals surface area contributed by atoms with E-state index in [0.29, 0.717) is 49.1 Å². The number of piperazine rings is 1. The summed E-state index contributed by atoms with van der Waals surface area (Å²) in [5.74, 6) is 0.747. The van der Waals surface area contributed by atoms with E-state index in [-0.39, 0.29) is 0 Å². The number of aromatic nitrogens is 4. The van der Waals surface area contributed by atoms with Crippen molar-refractivity contribution < 1.29 is 17.9 Å². The zero-order valence-electron chi connectivity index (χ0n) is 14.2. The Labute approximate surface area is 152 Å². The first-order valence-electron chi connectivity index (χ1n) is 8.12. The summed E-state index contributed by atoms with van der Waals surface area (Å²) in [5, 5.41) is 6.34. The lowest BCUT2D eigenvalue weighted by Gasteiger charge is -2.34. The molecule has 0 aliphatic carbocycles. The van der Waals surface area contributed by atoms with Crippen molar-refractivity contribution >= 4 is 16.5 Å². The molecule has 0 saturated carbocycles. The molecular weight excluding hydrogens is 369 g/mol. The lowest BCUT2D eigenvalue weighted by atomic mass is 10.2. The fraction of sp³-hybridized carbons (Fsp3) is 0.600. The van der Waals surface area contributed by atoms with Crippen molar-refractivity contribution in [3.05, 3.63) is 28.8 Å². The fourth-order valence-electron chi connectivity index (χ4n) is 2.60. The van der Waals surface area contributed by atoms with E-state index in [1.54, 1.807) is 7.11 Å². The smallest absolute Gasteiger partial charge is 0.384 e. The minimum absolute atomic E-state index is 0.322. The molecule has 1 aliphatic rings. The number of alkyl halides is 3. The monoisotopic (exact) mass is 388 g/mol. The van der Waals surface area contributed by atoms with Crippen LogP contribution in [0.25, 0.3) is 0 Å². The summed E-state index contributed by atoms with van der Waals surface area (Å²) in [6.45, 7) is 3.97. The summed E-state index contributed by atoms with van der Waals surface area (Å²) in [7, 11) is 1.64. The van der Waals surface area contributed by atoms with Gasteiger partial charge in [0, 0.05) is 64.2 Å². The quantitative estimate of drug-likeness (QED) is 0.748. The van der Waals surface area contributed by atoms with Crippen LogP contribution in [0.15, 0.2) is 12.4 Å². The predicted molar refractivity (Wildman–Crippen MR) is 90.0 cm³/mol. The molecule has 0 unspecified atom stereocenters. The largest absolute Gasteiger partial charge is 0.445 e. The molecule has 0 atom stereocenters. The summed E-state index contributed by atoms with van der Waals surface area (Å²) in [6, 6.07) is 0. The van der Waals surface area contributed by atoms with Crippen LogP contribution in [0.2, 0.25) is 0 Å². The van der Waals surface area contributed by atoms with Gasteiger partial charge in [-0.05, 0) is 0 Å². The van der Waals surface area contributed by atoms with E-state index in [1.807, 2.05) is 17.3 Å². The summed E-state index contributed by atoms with van der Waals surface area (Å²) >= 11 is 0.590. The van der Waals surface area contributed by atoms with Crippen molar-refractivity contribution in [2.75, 3.05) is 44.8 Å². The molecule has 0 spiro atoms. The van der Waals surface area contributed by atoms with Crippen LogP contribution in [0.4, 0.5) is 18.3 Å². The number of anilines is 1. The SMILES string of the molecule is COCCc1ncc(CN2CCN(c3nnc(C(F)(F)F)s3)CC2)cn1. The highest BCUT2D eigenvalue weighted by molar-refractivity contribution is 7.15. The maximum Gasteiger partial charge on any atom is 0.445 e. The fourth-order valence-corrected chi connectivity index (χ4v) is 3.36. The lowest BCUT2D eigenvalue weighted by molar-refractivity contribution is -0.138. The Balaban J connectivity index is 1.50. The Morgan fingerprint density at radius 3 is 2.38 bits per heavy atom. The van der Waals surface area contributed by atoms with Gasteiger partial charge in [-0.15, -0.1) is 10.2 Å². The van der Waals surface area contributed by atoms with E-state index in [4.69, 9.17) is 4.74 Å². The molecule has 26 heavy (non-hydrogen) atoms. The molecule has 0 N–H and O–H groups in total. The van der Waals surface area contributed by atoms with E-state index in [1.165, 1.54) is 0 Å². The number of rotatable bonds is 6.